The molecule has 1 fully saturated rings. The Kier molecular flexibility index (Phi) is 5.80. The molecule has 136 valence electrons. The predicted octanol–water partition coefficient (Wildman–Crippen LogP) is 3.43. The first-order chi connectivity index (χ1) is 12.0. The fraction of sp³-hybridized carbons (Fsp3) is 0.647. The van der Waals surface area contributed by atoms with E-state index in [2.05, 4.69) is 44.6 Å². The number of aryl methyl sites for hydroxylation is 1. The number of nitrogens with one attached hydrogen (secondary N) is 2. The Balaban J connectivity index is 1.66. The predicted molar refractivity (Wildman–Crippen MR) is 99.9 cm³/mol. The van der Waals surface area contributed by atoms with Crippen LogP contribution in [0.1, 0.15) is 49.7 Å². The second-order valence-corrected chi connectivity index (χ2v) is 7.98. The average Bonchev–Trinajstić information content (AvgIpc) is 3.02. The summed E-state index contributed by atoms with van der Waals surface area (Å²) in [5, 5.41) is 16.9. The van der Waals surface area contributed by atoms with E-state index in [-0.39, 0.29) is 18.2 Å². The lowest BCUT2D eigenvalue weighted by atomic mass is 9.94. The second-order valence-electron chi connectivity index (χ2n) is 6.76. The minimum Gasteiger partial charge on any atom is -0.376 e. The topological polar surface area (TPSA) is 84.9 Å². The maximum atomic E-state index is 5.94. The molecule has 0 radical (unpaired) electrons. The maximum Gasteiger partial charge on any atom is 0.225 e. The lowest BCUT2D eigenvalue weighted by molar-refractivity contribution is -0.0203. The van der Waals surface area contributed by atoms with Crippen LogP contribution in [0.2, 0.25) is 0 Å². The minimum absolute atomic E-state index is 0.0166. The fourth-order valence-electron chi connectivity index (χ4n) is 3.06. The minimum atomic E-state index is 0.0166. The lowest BCUT2D eigenvalue weighted by Gasteiger charge is -2.35. The van der Waals surface area contributed by atoms with Gasteiger partial charge < -0.3 is 15.4 Å². The molecule has 3 unspecified atom stereocenters. The summed E-state index contributed by atoms with van der Waals surface area (Å²) in [4.78, 5) is 8.92. The third-order valence-electron chi connectivity index (χ3n) is 4.27. The zero-order valence-electron chi connectivity index (χ0n) is 15.2. The smallest absolute Gasteiger partial charge is 0.225 e. The lowest BCUT2D eigenvalue weighted by Crippen LogP contribution is -2.43. The molecule has 1 aliphatic rings. The van der Waals surface area contributed by atoms with E-state index in [1.807, 2.05) is 19.9 Å². The molecule has 3 heterocycles. The molecule has 0 bridgehead atoms. The van der Waals surface area contributed by atoms with E-state index < -0.39 is 0 Å². The van der Waals surface area contributed by atoms with E-state index in [4.69, 9.17) is 4.74 Å². The first-order valence-corrected chi connectivity index (χ1v) is 9.62. The number of ether oxygens (including phenoxy) is 1. The van der Waals surface area contributed by atoms with Gasteiger partial charge in [-0.15, -0.1) is 10.2 Å². The molecule has 8 heteroatoms. The van der Waals surface area contributed by atoms with Crippen molar-refractivity contribution in [1.29, 1.82) is 0 Å². The first-order valence-electron chi connectivity index (χ1n) is 8.80. The molecular formula is C17H26N6OS. The molecule has 0 spiro atoms. The van der Waals surface area contributed by atoms with Crippen LogP contribution in [0.5, 0.6) is 0 Å². The number of rotatable bonds is 6. The Morgan fingerprint density at radius 1 is 1.28 bits per heavy atom. The van der Waals surface area contributed by atoms with E-state index in [9.17, 15) is 0 Å². The van der Waals surface area contributed by atoms with Crippen LogP contribution in [-0.4, -0.2) is 38.9 Å². The van der Waals surface area contributed by atoms with Crippen LogP contribution in [0.25, 0.3) is 0 Å². The maximum absolute atomic E-state index is 5.94. The molecule has 0 saturated carbocycles. The van der Waals surface area contributed by atoms with Gasteiger partial charge in [0, 0.05) is 12.8 Å². The van der Waals surface area contributed by atoms with Gasteiger partial charge in [0.1, 0.15) is 15.8 Å². The van der Waals surface area contributed by atoms with Gasteiger partial charge in [-0.3, -0.25) is 0 Å². The van der Waals surface area contributed by atoms with Gasteiger partial charge >= 0.3 is 0 Å². The summed E-state index contributed by atoms with van der Waals surface area (Å²) in [6.45, 7) is 9.22. The highest BCUT2D eigenvalue weighted by Gasteiger charge is 2.28. The van der Waals surface area contributed by atoms with Crippen LogP contribution in [-0.2, 0) is 4.74 Å². The normalized spacial score (nSPS) is 22.0. The highest BCUT2D eigenvalue weighted by atomic mass is 32.1. The van der Waals surface area contributed by atoms with E-state index in [0.29, 0.717) is 11.9 Å². The monoisotopic (exact) mass is 362 g/mol. The second kappa shape index (κ2) is 8.05. The molecular weight excluding hydrogens is 336 g/mol. The van der Waals surface area contributed by atoms with Crippen LogP contribution >= 0.6 is 11.3 Å². The van der Waals surface area contributed by atoms with Gasteiger partial charge in [0.25, 0.3) is 0 Å². The molecule has 2 aromatic rings. The van der Waals surface area contributed by atoms with Gasteiger partial charge in [0.15, 0.2) is 0 Å². The summed E-state index contributed by atoms with van der Waals surface area (Å²) in [5.41, 5.74) is 0. The van der Waals surface area contributed by atoms with Crippen LogP contribution in [0.3, 0.4) is 0 Å². The summed E-state index contributed by atoms with van der Waals surface area (Å²) in [5.74, 6) is 1.88. The van der Waals surface area contributed by atoms with E-state index in [1.54, 1.807) is 17.5 Å². The Labute approximate surface area is 152 Å². The molecule has 0 aromatic carbocycles. The Morgan fingerprint density at radius 2 is 2.12 bits per heavy atom. The SMILES string of the molecule is Cc1nnc(C(C)Nc2nccc(NC3CCCOC3C(C)C)n2)s1. The van der Waals surface area contributed by atoms with Crippen molar-refractivity contribution in [2.45, 2.75) is 58.7 Å². The van der Waals surface area contributed by atoms with E-state index in [1.165, 1.54) is 0 Å². The summed E-state index contributed by atoms with van der Waals surface area (Å²) in [7, 11) is 0. The number of aromatic nitrogens is 4. The van der Waals surface area contributed by atoms with Crippen LogP contribution in [0.4, 0.5) is 11.8 Å². The highest BCUT2D eigenvalue weighted by Crippen LogP contribution is 2.24. The highest BCUT2D eigenvalue weighted by molar-refractivity contribution is 7.11. The standard InChI is InChI=1S/C17H26N6OS/c1-10(2)15-13(6-5-9-24-15)20-14-7-8-18-17(21-14)19-11(3)16-23-22-12(4)25-16/h7-8,10-11,13,15H,5-6,9H2,1-4H3,(H2,18,19,20,21). The van der Waals surface area contributed by atoms with Crippen molar-refractivity contribution in [1.82, 2.24) is 20.2 Å². The molecule has 2 N–H and O–H groups in total. The van der Waals surface area contributed by atoms with Crippen molar-refractivity contribution < 1.29 is 4.74 Å². The fourth-order valence-corrected chi connectivity index (χ4v) is 3.76. The molecule has 25 heavy (non-hydrogen) atoms. The summed E-state index contributed by atoms with van der Waals surface area (Å²) >= 11 is 1.58. The van der Waals surface area contributed by atoms with Gasteiger partial charge in [-0.2, -0.15) is 4.98 Å². The summed E-state index contributed by atoms with van der Waals surface area (Å²) in [6.07, 6.45) is 4.15. The van der Waals surface area contributed by atoms with Crippen LogP contribution in [0.15, 0.2) is 12.3 Å². The molecule has 1 aliphatic heterocycles. The van der Waals surface area contributed by atoms with Gasteiger partial charge in [-0.1, -0.05) is 25.2 Å². The van der Waals surface area contributed by atoms with E-state index in [0.717, 1.165) is 35.3 Å². The van der Waals surface area contributed by atoms with E-state index >= 15 is 0 Å². The molecule has 0 amide bonds. The molecule has 3 atom stereocenters. The van der Waals surface area contributed by atoms with Crippen molar-refractivity contribution in [2.24, 2.45) is 5.92 Å². The molecule has 2 aromatic heterocycles. The number of nitrogens with zero attached hydrogens (tertiary/aromatic N) is 4. The summed E-state index contributed by atoms with van der Waals surface area (Å²) < 4.78 is 5.94. The molecule has 0 aliphatic carbocycles. The van der Waals surface area contributed by atoms with Crippen molar-refractivity contribution in [3.05, 3.63) is 22.3 Å². The zero-order chi connectivity index (χ0) is 17.8. The van der Waals surface area contributed by atoms with Crippen molar-refractivity contribution in [3.8, 4) is 0 Å². The number of hydrogen-bond acceptors (Lipinski definition) is 8. The zero-order valence-corrected chi connectivity index (χ0v) is 16.0. The molecule has 3 rings (SSSR count). The third kappa shape index (κ3) is 4.64. The number of anilines is 2. The largest absolute Gasteiger partial charge is 0.376 e. The quantitative estimate of drug-likeness (QED) is 0.814. The molecule has 1 saturated heterocycles. The average molecular weight is 363 g/mol. The van der Waals surface area contributed by atoms with Crippen molar-refractivity contribution >= 4 is 23.1 Å². The van der Waals surface area contributed by atoms with Gasteiger partial charge in [0.05, 0.1) is 18.2 Å². The third-order valence-corrected chi connectivity index (χ3v) is 5.29. The molecule has 7 nitrogen and oxygen atoms in total. The van der Waals surface area contributed by atoms with Gasteiger partial charge in [-0.25, -0.2) is 4.98 Å². The van der Waals surface area contributed by atoms with Crippen LogP contribution in [0, 0.1) is 12.8 Å². The number of hydrogen-bond donors (Lipinski definition) is 2. The Bertz CT molecular complexity index is 691. The first kappa shape index (κ1) is 18.0. The van der Waals surface area contributed by atoms with Crippen molar-refractivity contribution in [3.63, 3.8) is 0 Å². The summed E-state index contributed by atoms with van der Waals surface area (Å²) in [6, 6.07) is 2.19. The van der Waals surface area contributed by atoms with Gasteiger partial charge in [-0.05, 0) is 38.7 Å². The van der Waals surface area contributed by atoms with Gasteiger partial charge in [0.2, 0.25) is 5.95 Å². The van der Waals surface area contributed by atoms with Crippen molar-refractivity contribution in [2.75, 3.05) is 17.2 Å². The Morgan fingerprint density at radius 3 is 2.84 bits per heavy atom. The van der Waals surface area contributed by atoms with Crippen LogP contribution < -0.4 is 10.6 Å². The Hall–Kier alpha value is -1.80.